The summed E-state index contributed by atoms with van der Waals surface area (Å²) in [7, 11) is 0. The molecule has 0 amide bonds. The number of hydrogen-bond acceptors (Lipinski definition) is 4. The highest BCUT2D eigenvalue weighted by molar-refractivity contribution is 6.30. The van der Waals surface area contributed by atoms with E-state index in [1.807, 2.05) is 25.1 Å². The number of nitrogens with one attached hydrogen (secondary N) is 2. The number of H-pyrrole nitrogens is 1. The molecule has 1 unspecified atom stereocenters. The van der Waals surface area contributed by atoms with Crippen molar-refractivity contribution >= 4 is 22.5 Å². The van der Waals surface area contributed by atoms with Crippen molar-refractivity contribution in [2.45, 2.75) is 45.2 Å². The van der Waals surface area contributed by atoms with Gasteiger partial charge in [-0.3, -0.25) is 14.3 Å². The van der Waals surface area contributed by atoms with Gasteiger partial charge in [-0.25, -0.2) is 4.79 Å². The fraction of sp³-hybridized carbons (Fsp3) is 0.391. The van der Waals surface area contributed by atoms with E-state index in [1.165, 1.54) is 19.3 Å². The summed E-state index contributed by atoms with van der Waals surface area (Å²) >= 11 is 6.32. The SMILES string of the molecule is Cc1cc(Cl)cc(Cn2c(=O)[nH]c(=O)c3ccccc32)c1OCCC1CCCCN1. The van der Waals surface area contributed by atoms with Gasteiger partial charge in [-0.1, -0.05) is 30.2 Å². The van der Waals surface area contributed by atoms with Crippen molar-refractivity contribution in [2.24, 2.45) is 0 Å². The van der Waals surface area contributed by atoms with E-state index >= 15 is 0 Å². The number of aromatic amines is 1. The Morgan fingerprint density at radius 2 is 2.03 bits per heavy atom. The van der Waals surface area contributed by atoms with Gasteiger partial charge < -0.3 is 10.1 Å². The molecule has 7 heteroatoms. The second kappa shape index (κ2) is 9.06. The van der Waals surface area contributed by atoms with E-state index in [0.29, 0.717) is 28.6 Å². The van der Waals surface area contributed by atoms with Crippen LogP contribution in [0.2, 0.25) is 5.02 Å². The van der Waals surface area contributed by atoms with Crippen LogP contribution in [0.5, 0.6) is 5.75 Å². The fourth-order valence-electron chi connectivity index (χ4n) is 4.17. The third kappa shape index (κ3) is 4.45. The van der Waals surface area contributed by atoms with Crippen molar-refractivity contribution in [3.63, 3.8) is 0 Å². The summed E-state index contributed by atoms with van der Waals surface area (Å²) in [6, 6.07) is 11.3. The van der Waals surface area contributed by atoms with Crippen LogP contribution in [0, 0.1) is 6.92 Å². The molecule has 0 bridgehead atoms. The fourth-order valence-corrected chi connectivity index (χ4v) is 4.46. The van der Waals surface area contributed by atoms with Crippen LogP contribution >= 0.6 is 11.6 Å². The number of benzene rings is 2. The Kier molecular flexibility index (Phi) is 6.25. The van der Waals surface area contributed by atoms with Gasteiger partial charge in [0, 0.05) is 16.6 Å². The van der Waals surface area contributed by atoms with Crippen molar-refractivity contribution in [2.75, 3.05) is 13.2 Å². The Labute approximate surface area is 179 Å². The molecule has 30 heavy (non-hydrogen) atoms. The lowest BCUT2D eigenvalue weighted by atomic mass is 10.0. The molecule has 0 aliphatic carbocycles. The van der Waals surface area contributed by atoms with Crippen LogP contribution in [0.3, 0.4) is 0 Å². The molecule has 4 rings (SSSR count). The summed E-state index contributed by atoms with van der Waals surface area (Å²) < 4.78 is 7.74. The maximum absolute atomic E-state index is 12.6. The van der Waals surface area contributed by atoms with E-state index in [2.05, 4.69) is 10.3 Å². The minimum absolute atomic E-state index is 0.258. The summed E-state index contributed by atoms with van der Waals surface area (Å²) in [5.74, 6) is 0.748. The zero-order valence-corrected chi connectivity index (χ0v) is 17.8. The first-order valence-electron chi connectivity index (χ1n) is 10.4. The predicted octanol–water partition coefficient (Wildman–Crippen LogP) is 3.61. The van der Waals surface area contributed by atoms with Crippen molar-refractivity contribution in [1.29, 1.82) is 0 Å². The maximum Gasteiger partial charge on any atom is 0.329 e. The zero-order valence-electron chi connectivity index (χ0n) is 17.0. The third-order valence-corrected chi connectivity index (χ3v) is 5.89. The highest BCUT2D eigenvalue weighted by atomic mass is 35.5. The van der Waals surface area contributed by atoms with E-state index in [1.54, 1.807) is 22.8 Å². The van der Waals surface area contributed by atoms with Gasteiger partial charge in [0.1, 0.15) is 5.75 Å². The monoisotopic (exact) mass is 427 g/mol. The molecule has 0 spiro atoms. The average Bonchev–Trinajstić information content (AvgIpc) is 2.73. The van der Waals surface area contributed by atoms with Gasteiger partial charge in [0.25, 0.3) is 5.56 Å². The van der Waals surface area contributed by atoms with E-state index in [9.17, 15) is 9.59 Å². The summed E-state index contributed by atoms with van der Waals surface area (Å²) in [5.41, 5.74) is 1.49. The van der Waals surface area contributed by atoms with Gasteiger partial charge in [-0.15, -0.1) is 0 Å². The number of fused-ring (bicyclic) bond motifs is 1. The van der Waals surface area contributed by atoms with Gasteiger partial charge >= 0.3 is 5.69 Å². The maximum atomic E-state index is 12.6. The minimum Gasteiger partial charge on any atom is -0.493 e. The topological polar surface area (TPSA) is 76.1 Å². The number of aromatic nitrogens is 2. The highest BCUT2D eigenvalue weighted by Gasteiger charge is 2.16. The second-order valence-electron chi connectivity index (χ2n) is 7.86. The molecule has 1 saturated heterocycles. The first kappa shape index (κ1) is 20.7. The Morgan fingerprint density at radius 3 is 2.83 bits per heavy atom. The molecule has 6 nitrogen and oxygen atoms in total. The third-order valence-electron chi connectivity index (χ3n) is 5.67. The van der Waals surface area contributed by atoms with Crippen molar-refractivity contribution in [3.8, 4) is 5.75 Å². The summed E-state index contributed by atoms with van der Waals surface area (Å²) in [5, 5.41) is 4.60. The van der Waals surface area contributed by atoms with E-state index in [-0.39, 0.29) is 12.1 Å². The number of nitrogens with zero attached hydrogens (tertiary/aromatic N) is 1. The lowest BCUT2D eigenvalue weighted by Gasteiger charge is -2.24. The first-order chi connectivity index (χ1) is 14.5. The molecule has 1 aromatic heterocycles. The Morgan fingerprint density at radius 1 is 1.20 bits per heavy atom. The standard InChI is InChI=1S/C23H26ClN3O3/c1-15-12-17(24)13-16(21(15)30-11-9-18-6-4-5-10-25-18)14-27-20-8-3-2-7-19(20)22(28)26-23(27)29/h2-3,7-8,12-13,18,25H,4-6,9-11,14H2,1H3,(H,26,28,29). The molecule has 158 valence electrons. The number of aryl methyl sites for hydroxylation is 1. The molecule has 2 heterocycles. The molecule has 1 atom stereocenters. The smallest absolute Gasteiger partial charge is 0.329 e. The zero-order chi connectivity index (χ0) is 21.1. The molecule has 2 N–H and O–H groups in total. The van der Waals surface area contributed by atoms with Gasteiger partial charge in [-0.2, -0.15) is 0 Å². The molecule has 1 fully saturated rings. The second-order valence-corrected chi connectivity index (χ2v) is 8.29. The molecule has 3 aromatic rings. The first-order valence-corrected chi connectivity index (χ1v) is 10.8. The molecule has 0 radical (unpaired) electrons. The highest BCUT2D eigenvalue weighted by Crippen LogP contribution is 2.29. The van der Waals surface area contributed by atoms with Crippen molar-refractivity contribution in [3.05, 3.63) is 73.4 Å². The lowest BCUT2D eigenvalue weighted by Crippen LogP contribution is -2.35. The van der Waals surface area contributed by atoms with Gasteiger partial charge in [0.2, 0.25) is 0 Å². The van der Waals surface area contributed by atoms with Crippen LogP contribution in [0.25, 0.3) is 10.9 Å². The summed E-state index contributed by atoms with van der Waals surface area (Å²) in [6.45, 7) is 3.87. The predicted molar refractivity (Wildman–Crippen MR) is 120 cm³/mol. The van der Waals surface area contributed by atoms with Gasteiger partial charge in [-0.05, 0) is 62.6 Å². The molecule has 1 aliphatic rings. The van der Waals surface area contributed by atoms with Crippen LogP contribution in [0.15, 0.2) is 46.0 Å². The van der Waals surface area contributed by atoms with Crippen LogP contribution < -0.4 is 21.3 Å². The molecule has 2 aromatic carbocycles. The quantitative estimate of drug-likeness (QED) is 0.630. The van der Waals surface area contributed by atoms with Crippen LogP contribution in [-0.4, -0.2) is 28.7 Å². The molecular weight excluding hydrogens is 402 g/mol. The molecular formula is C23H26ClN3O3. The number of hydrogen-bond donors (Lipinski definition) is 2. The summed E-state index contributed by atoms with van der Waals surface area (Å²) in [4.78, 5) is 27.1. The number of piperidine rings is 1. The normalized spacial score (nSPS) is 16.7. The number of ether oxygens (including phenoxy) is 1. The number of rotatable bonds is 6. The Bertz CT molecular complexity index is 1160. The van der Waals surface area contributed by atoms with E-state index in [4.69, 9.17) is 16.3 Å². The number of para-hydroxylation sites is 1. The van der Waals surface area contributed by atoms with Gasteiger partial charge in [0.15, 0.2) is 0 Å². The molecule has 1 aliphatic heterocycles. The van der Waals surface area contributed by atoms with Crippen LogP contribution in [0.1, 0.15) is 36.8 Å². The van der Waals surface area contributed by atoms with Crippen LogP contribution in [-0.2, 0) is 6.54 Å². The van der Waals surface area contributed by atoms with Crippen LogP contribution in [0.4, 0.5) is 0 Å². The van der Waals surface area contributed by atoms with E-state index < -0.39 is 5.69 Å². The van der Waals surface area contributed by atoms with E-state index in [0.717, 1.165) is 29.8 Å². The van der Waals surface area contributed by atoms with Crippen molar-refractivity contribution < 1.29 is 4.74 Å². The van der Waals surface area contributed by atoms with Crippen molar-refractivity contribution in [1.82, 2.24) is 14.9 Å². The largest absolute Gasteiger partial charge is 0.493 e. The minimum atomic E-state index is -0.450. The van der Waals surface area contributed by atoms with Gasteiger partial charge in [0.05, 0.1) is 24.1 Å². The number of halogens is 1. The lowest BCUT2D eigenvalue weighted by molar-refractivity contribution is 0.264. The average molecular weight is 428 g/mol. The Hall–Kier alpha value is -2.57. The Balaban J connectivity index is 1.64. The molecule has 0 saturated carbocycles. The summed E-state index contributed by atoms with van der Waals surface area (Å²) in [6.07, 6.45) is 4.60.